The summed E-state index contributed by atoms with van der Waals surface area (Å²) >= 11 is 0. The minimum Gasteiger partial charge on any atom is -0.462 e. The van der Waals surface area contributed by atoms with Crippen LogP contribution in [0.5, 0.6) is 0 Å². The lowest BCUT2D eigenvalue weighted by molar-refractivity contribution is -0.161. The van der Waals surface area contributed by atoms with Crippen LogP contribution in [0.25, 0.3) is 0 Å². The van der Waals surface area contributed by atoms with E-state index in [9.17, 15) is 43.2 Å². The van der Waals surface area contributed by atoms with Crippen molar-refractivity contribution < 1.29 is 80.2 Å². The van der Waals surface area contributed by atoms with Crippen LogP contribution in [0, 0.1) is 5.92 Å². The minimum absolute atomic E-state index is 0.109. The first-order valence-electron chi connectivity index (χ1n) is 46.6. The first-order valence-corrected chi connectivity index (χ1v) is 49.6. The molecule has 0 aliphatic rings. The summed E-state index contributed by atoms with van der Waals surface area (Å²) in [5.41, 5.74) is 0. The summed E-state index contributed by atoms with van der Waals surface area (Å²) in [5, 5.41) is 10.7. The number of carbonyl (C=O) groups is 4. The summed E-state index contributed by atoms with van der Waals surface area (Å²) in [4.78, 5) is 73.4. The van der Waals surface area contributed by atoms with Crippen LogP contribution in [0.15, 0.2) is 0 Å². The fraction of sp³-hybridized carbons (Fsp3) is 0.956. The molecule has 0 fully saturated rings. The zero-order valence-electron chi connectivity index (χ0n) is 71.7. The van der Waals surface area contributed by atoms with Crippen molar-refractivity contribution in [3.63, 3.8) is 0 Å². The van der Waals surface area contributed by atoms with E-state index in [1.165, 1.54) is 315 Å². The van der Waals surface area contributed by atoms with Crippen LogP contribution in [0.3, 0.4) is 0 Å². The fourth-order valence-corrected chi connectivity index (χ4v) is 15.8. The largest absolute Gasteiger partial charge is 0.472 e. The number of hydrogen-bond donors (Lipinski definition) is 3. The van der Waals surface area contributed by atoms with Gasteiger partial charge in [0.2, 0.25) is 0 Å². The van der Waals surface area contributed by atoms with Crippen molar-refractivity contribution in [1.82, 2.24) is 0 Å². The summed E-state index contributed by atoms with van der Waals surface area (Å²) in [6.07, 6.45) is 77.7. The van der Waals surface area contributed by atoms with Gasteiger partial charge in [-0.25, -0.2) is 9.13 Å². The molecule has 0 amide bonds. The van der Waals surface area contributed by atoms with Crippen molar-refractivity contribution in [3.05, 3.63) is 0 Å². The van der Waals surface area contributed by atoms with E-state index >= 15 is 0 Å². The second-order valence-electron chi connectivity index (χ2n) is 32.8. The van der Waals surface area contributed by atoms with Gasteiger partial charge in [0.25, 0.3) is 0 Å². The molecule has 0 spiro atoms. The highest BCUT2D eigenvalue weighted by Crippen LogP contribution is 2.45. The maximum atomic E-state index is 13.2. The predicted octanol–water partition coefficient (Wildman–Crippen LogP) is 27.9. The summed E-state index contributed by atoms with van der Waals surface area (Å²) in [6.45, 7) is 7.43. The Hall–Kier alpha value is -1.94. The number of unbranched alkanes of at least 4 members (excludes halogenated alkanes) is 62. The molecule has 648 valence electrons. The summed E-state index contributed by atoms with van der Waals surface area (Å²) in [6, 6.07) is 0. The Bertz CT molecular complexity index is 2070. The molecular weight excluding hydrogens is 1410 g/mol. The van der Waals surface area contributed by atoms with Crippen LogP contribution in [0.2, 0.25) is 0 Å². The molecule has 17 nitrogen and oxygen atoms in total. The minimum atomic E-state index is -4.97. The van der Waals surface area contributed by atoms with Gasteiger partial charge in [0.05, 0.1) is 26.4 Å². The normalized spacial score (nSPS) is 13.7. The van der Waals surface area contributed by atoms with Crippen molar-refractivity contribution in [1.29, 1.82) is 0 Å². The monoisotopic (exact) mass is 1590 g/mol. The zero-order chi connectivity index (χ0) is 79.7. The second kappa shape index (κ2) is 82.6. The van der Waals surface area contributed by atoms with Crippen molar-refractivity contribution in [2.45, 2.75) is 509 Å². The molecule has 0 aromatic carbocycles. The fourth-order valence-electron chi connectivity index (χ4n) is 14.2. The van der Waals surface area contributed by atoms with E-state index in [0.29, 0.717) is 25.7 Å². The number of ether oxygens (including phenoxy) is 4. The maximum absolute atomic E-state index is 13.2. The number of hydrogen-bond acceptors (Lipinski definition) is 15. The van der Waals surface area contributed by atoms with Gasteiger partial charge in [0.15, 0.2) is 12.2 Å². The molecule has 0 aromatic heterocycles. The van der Waals surface area contributed by atoms with E-state index in [0.717, 1.165) is 95.8 Å². The Morgan fingerprint density at radius 2 is 0.422 bits per heavy atom. The van der Waals surface area contributed by atoms with Crippen molar-refractivity contribution >= 4 is 39.5 Å². The first kappa shape index (κ1) is 107. The van der Waals surface area contributed by atoms with Crippen molar-refractivity contribution in [2.24, 2.45) is 5.92 Å². The van der Waals surface area contributed by atoms with Gasteiger partial charge >= 0.3 is 39.5 Å². The molecule has 0 heterocycles. The lowest BCUT2D eigenvalue weighted by Gasteiger charge is -2.21. The third kappa shape index (κ3) is 83.8. The van der Waals surface area contributed by atoms with Crippen LogP contribution >= 0.6 is 15.6 Å². The van der Waals surface area contributed by atoms with Gasteiger partial charge in [-0.2, -0.15) is 0 Å². The molecule has 109 heavy (non-hydrogen) atoms. The average molecular weight is 1590 g/mol. The smallest absolute Gasteiger partial charge is 0.462 e. The first-order chi connectivity index (χ1) is 53.0. The van der Waals surface area contributed by atoms with Crippen LogP contribution < -0.4 is 0 Å². The van der Waals surface area contributed by atoms with Crippen LogP contribution in [-0.4, -0.2) is 96.7 Å². The molecule has 2 unspecified atom stereocenters. The van der Waals surface area contributed by atoms with Gasteiger partial charge < -0.3 is 33.8 Å². The highest BCUT2D eigenvalue weighted by molar-refractivity contribution is 7.47. The molecule has 0 aliphatic heterocycles. The SMILES string of the molecule is CCCCCCCCCCCCCCCCCCCCC(=O)OC[C@H](COP(=O)(O)OC[C@@H](O)COP(=O)(O)OC[C@@H](COC(=O)CCCCCCCCCCCCCC)OC(=O)CCCCCCCCCCCCCCCCCCCC)OC(=O)CCCCCCCCCCCCCCCCCCCCC(C)C. The van der Waals surface area contributed by atoms with Gasteiger partial charge in [-0.05, 0) is 31.6 Å². The van der Waals surface area contributed by atoms with Gasteiger partial charge in [0, 0.05) is 25.7 Å². The highest BCUT2D eigenvalue weighted by atomic mass is 31.2. The Morgan fingerprint density at radius 1 is 0.248 bits per heavy atom. The number of aliphatic hydroxyl groups is 1. The van der Waals surface area contributed by atoms with Gasteiger partial charge in [0.1, 0.15) is 19.3 Å². The van der Waals surface area contributed by atoms with E-state index in [1.807, 2.05) is 0 Å². The number of phosphoric ester groups is 2. The van der Waals surface area contributed by atoms with E-state index in [4.69, 9.17) is 37.0 Å². The topological polar surface area (TPSA) is 237 Å². The third-order valence-electron chi connectivity index (χ3n) is 21.3. The molecule has 3 N–H and O–H groups in total. The lowest BCUT2D eigenvalue weighted by Crippen LogP contribution is -2.30. The second-order valence-corrected chi connectivity index (χ2v) is 35.7. The summed E-state index contributed by atoms with van der Waals surface area (Å²) in [5.74, 6) is -1.27. The molecule has 19 heteroatoms. The molecular formula is C90H176O17P2. The Labute approximate surface area is 670 Å². The number of esters is 4. The third-order valence-corrected chi connectivity index (χ3v) is 23.2. The standard InChI is InChI=1S/C90H176O17P2/c1-6-9-12-15-18-21-24-27-29-31-36-40-44-49-54-59-64-69-74-88(93)101-80-86(107-90(95)76-71-66-61-56-51-46-42-38-34-33-35-39-43-47-52-57-62-67-72-83(4)5)82-105-109(98,99)103-78-84(91)77-102-108(96,97)104-81-85(79-100-87(92)73-68-63-58-53-48-26-23-20-17-14-11-8-3)106-89(94)75-70-65-60-55-50-45-41-37-32-30-28-25-22-19-16-13-10-7-2/h83-86,91H,6-82H2,1-5H3,(H,96,97)(H,98,99)/t84-,85+,86+/m0/s1. The number of carbonyl (C=O) groups excluding carboxylic acids is 4. The summed E-state index contributed by atoms with van der Waals surface area (Å²) in [7, 11) is -9.93. The maximum Gasteiger partial charge on any atom is 0.472 e. The van der Waals surface area contributed by atoms with E-state index in [-0.39, 0.29) is 25.7 Å². The van der Waals surface area contributed by atoms with Crippen molar-refractivity contribution in [2.75, 3.05) is 39.6 Å². The quantitative estimate of drug-likeness (QED) is 0.0222. The highest BCUT2D eigenvalue weighted by Gasteiger charge is 2.31. The van der Waals surface area contributed by atoms with Gasteiger partial charge in [-0.3, -0.25) is 37.3 Å². The van der Waals surface area contributed by atoms with Gasteiger partial charge in [-0.15, -0.1) is 0 Å². The van der Waals surface area contributed by atoms with E-state index < -0.39 is 97.5 Å². The Balaban J connectivity index is 5.24. The lowest BCUT2D eigenvalue weighted by atomic mass is 10.0. The Morgan fingerprint density at radius 3 is 0.624 bits per heavy atom. The molecule has 0 saturated carbocycles. The van der Waals surface area contributed by atoms with Crippen LogP contribution in [0.1, 0.15) is 490 Å². The van der Waals surface area contributed by atoms with Crippen LogP contribution in [-0.2, 0) is 65.4 Å². The van der Waals surface area contributed by atoms with Gasteiger partial charge in [-0.1, -0.05) is 439 Å². The predicted molar refractivity (Wildman–Crippen MR) is 451 cm³/mol. The molecule has 0 rings (SSSR count). The average Bonchev–Trinajstić information content (AvgIpc) is 0.903. The number of rotatable bonds is 90. The van der Waals surface area contributed by atoms with Crippen molar-refractivity contribution in [3.8, 4) is 0 Å². The zero-order valence-corrected chi connectivity index (χ0v) is 73.5. The molecule has 0 bridgehead atoms. The molecule has 5 atom stereocenters. The Kier molecular flexibility index (Phi) is 81.1. The summed E-state index contributed by atoms with van der Waals surface area (Å²) < 4.78 is 69.1. The molecule has 0 radical (unpaired) electrons. The molecule has 0 saturated heterocycles. The van der Waals surface area contributed by atoms with Crippen LogP contribution in [0.4, 0.5) is 0 Å². The van der Waals surface area contributed by atoms with E-state index in [2.05, 4.69) is 34.6 Å². The molecule has 0 aromatic rings. The number of phosphoric acid groups is 2. The van der Waals surface area contributed by atoms with E-state index in [1.54, 1.807) is 0 Å². The molecule has 0 aliphatic carbocycles. The number of aliphatic hydroxyl groups excluding tert-OH is 1.